The lowest BCUT2D eigenvalue weighted by Gasteiger charge is -2.54. The van der Waals surface area contributed by atoms with Crippen LogP contribution in [0.5, 0.6) is 0 Å². The molecule has 1 aliphatic rings. The third kappa shape index (κ3) is 1.74. The van der Waals surface area contributed by atoms with E-state index >= 15 is 0 Å². The van der Waals surface area contributed by atoms with Crippen LogP contribution in [-0.4, -0.2) is 36.1 Å². The van der Waals surface area contributed by atoms with Crippen LogP contribution in [0.15, 0.2) is 0 Å². The van der Waals surface area contributed by atoms with Crippen LogP contribution in [0.1, 0.15) is 27.7 Å². The van der Waals surface area contributed by atoms with E-state index in [1.165, 1.54) is 13.1 Å². The van der Waals surface area contributed by atoms with E-state index in [-0.39, 0.29) is 0 Å². The lowest BCUT2D eigenvalue weighted by molar-refractivity contribution is -0.0122. The second-order valence-corrected chi connectivity index (χ2v) is 4.84. The average molecular weight is 156 g/mol. The van der Waals surface area contributed by atoms with Crippen molar-refractivity contribution in [2.75, 3.05) is 20.1 Å². The zero-order valence-corrected chi connectivity index (χ0v) is 8.36. The van der Waals surface area contributed by atoms with Crippen LogP contribution < -0.4 is 5.32 Å². The monoisotopic (exact) mass is 156 g/mol. The van der Waals surface area contributed by atoms with E-state index in [0.717, 1.165) is 0 Å². The predicted octanol–water partition coefficient (Wildman–Crippen LogP) is 1.08. The fraction of sp³-hybridized carbons (Fsp3) is 1.00. The smallest absolute Gasteiger partial charge is 0.0406 e. The standard InChI is InChI=1S/C9H20N2/c1-8(2,3)11-6-9(4,7-11)10-5/h10H,6-7H2,1-5H3. The Labute approximate surface area is 70.0 Å². The Bertz CT molecular complexity index is 140. The molecule has 0 aromatic heterocycles. The van der Waals surface area contributed by atoms with Gasteiger partial charge in [-0.2, -0.15) is 0 Å². The van der Waals surface area contributed by atoms with Crippen molar-refractivity contribution in [3.63, 3.8) is 0 Å². The van der Waals surface area contributed by atoms with E-state index in [9.17, 15) is 0 Å². The summed E-state index contributed by atoms with van der Waals surface area (Å²) in [5.74, 6) is 0. The van der Waals surface area contributed by atoms with Crippen LogP contribution in [0.3, 0.4) is 0 Å². The van der Waals surface area contributed by atoms with Gasteiger partial charge >= 0.3 is 0 Å². The number of rotatable bonds is 1. The van der Waals surface area contributed by atoms with Crippen LogP contribution >= 0.6 is 0 Å². The van der Waals surface area contributed by atoms with E-state index < -0.39 is 0 Å². The first-order chi connectivity index (χ1) is 4.87. The van der Waals surface area contributed by atoms with Crippen LogP contribution in [0.2, 0.25) is 0 Å². The average Bonchev–Trinajstić information content (AvgIpc) is 1.78. The van der Waals surface area contributed by atoms with Gasteiger partial charge in [-0.3, -0.25) is 4.90 Å². The second kappa shape index (κ2) is 2.46. The van der Waals surface area contributed by atoms with Crippen molar-refractivity contribution >= 4 is 0 Å². The first-order valence-electron chi connectivity index (χ1n) is 4.31. The van der Waals surface area contributed by atoms with Gasteiger partial charge in [0.1, 0.15) is 0 Å². The number of hydrogen-bond donors (Lipinski definition) is 1. The van der Waals surface area contributed by atoms with Gasteiger partial charge in [-0.25, -0.2) is 0 Å². The lowest BCUT2D eigenvalue weighted by Crippen LogP contribution is -2.70. The van der Waals surface area contributed by atoms with Crippen molar-refractivity contribution in [3.05, 3.63) is 0 Å². The van der Waals surface area contributed by atoms with Crippen molar-refractivity contribution in [2.24, 2.45) is 0 Å². The molecule has 1 N–H and O–H groups in total. The van der Waals surface area contributed by atoms with E-state index in [4.69, 9.17) is 0 Å². The Kier molecular flexibility index (Phi) is 2.01. The summed E-state index contributed by atoms with van der Waals surface area (Å²) >= 11 is 0. The fourth-order valence-corrected chi connectivity index (χ4v) is 1.43. The van der Waals surface area contributed by atoms with Gasteiger partial charge < -0.3 is 5.32 Å². The van der Waals surface area contributed by atoms with Gasteiger partial charge in [-0.1, -0.05) is 0 Å². The summed E-state index contributed by atoms with van der Waals surface area (Å²) in [6.07, 6.45) is 0. The van der Waals surface area contributed by atoms with Gasteiger partial charge in [0.05, 0.1) is 0 Å². The largest absolute Gasteiger partial charge is 0.312 e. The van der Waals surface area contributed by atoms with E-state index in [2.05, 4.69) is 37.9 Å². The van der Waals surface area contributed by atoms with Crippen molar-refractivity contribution < 1.29 is 0 Å². The Morgan fingerprint density at radius 2 is 1.73 bits per heavy atom. The Morgan fingerprint density at radius 1 is 1.27 bits per heavy atom. The Morgan fingerprint density at radius 3 is 2.00 bits per heavy atom. The zero-order valence-electron chi connectivity index (χ0n) is 8.36. The summed E-state index contributed by atoms with van der Waals surface area (Å²) in [6.45, 7) is 11.4. The minimum Gasteiger partial charge on any atom is -0.312 e. The Balaban J connectivity index is 2.40. The minimum absolute atomic E-state index is 0.344. The molecule has 11 heavy (non-hydrogen) atoms. The highest BCUT2D eigenvalue weighted by Crippen LogP contribution is 2.27. The molecule has 0 amide bonds. The van der Waals surface area contributed by atoms with Crippen molar-refractivity contribution in [1.82, 2.24) is 10.2 Å². The van der Waals surface area contributed by atoms with Crippen molar-refractivity contribution in [1.29, 1.82) is 0 Å². The first kappa shape index (κ1) is 9.01. The predicted molar refractivity (Wildman–Crippen MR) is 48.8 cm³/mol. The molecule has 0 unspecified atom stereocenters. The first-order valence-corrected chi connectivity index (χ1v) is 4.31. The number of likely N-dealkylation sites (tertiary alicyclic amines) is 1. The van der Waals surface area contributed by atoms with Crippen molar-refractivity contribution in [2.45, 2.75) is 38.8 Å². The molecule has 1 heterocycles. The van der Waals surface area contributed by atoms with Gasteiger partial charge in [0.2, 0.25) is 0 Å². The molecule has 0 spiro atoms. The number of nitrogens with one attached hydrogen (secondary N) is 1. The lowest BCUT2D eigenvalue weighted by atomic mass is 9.87. The molecule has 0 radical (unpaired) electrons. The summed E-state index contributed by atoms with van der Waals surface area (Å²) in [4.78, 5) is 2.49. The van der Waals surface area contributed by atoms with Gasteiger partial charge in [0.25, 0.3) is 0 Å². The zero-order chi connectivity index (χ0) is 8.70. The third-order valence-corrected chi connectivity index (χ3v) is 2.63. The molecule has 1 saturated heterocycles. The highest BCUT2D eigenvalue weighted by atomic mass is 15.3. The maximum Gasteiger partial charge on any atom is 0.0406 e. The molecule has 0 bridgehead atoms. The SMILES string of the molecule is CNC1(C)CN(C(C)(C)C)C1. The highest BCUT2D eigenvalue weighted by Gasteiger charge is 2.41. The molecule has 1 rings (SSSR count). The molecular formula is C9H20N2. The molecule has 1 aliphatic heterocycles. The van der Waals surface area contributed by atoms with Gasteiger partial charge in [-0.15, -0.1) is 0 Å². The van der Waals surface area contributed by atoms with Gasteiger partial charge in [-0.05, 0) is 34.7 Å². The minimum atomic E-state index is 0.344. The maximum atomic E-state index is 3.34. The van der Waals surface area contributed by atoms with Gasteiger partial charge in [0.15, 0.2) is 0 Å². The summed E-state index contributed by atoms with van der Waals surface area (Å²) < 4.78 is 0. The van der Waals surface area contributed by atoms with E-state index in [0.29, 0.717) is 11.1 Å². The summed E-state index contributed by atoms with van der Waals surface area (Å²) in [5.41, 5.74) is 0.712. The molecule has 66 valence electrons. The molecule has 2 heteroatoms. The maximum absolute atomic E-state index is 3.34. The molecule has 0 aliphatic carbocycles. The quantitative estimate of drug-likeness (QED) is 0.611. The topological polar surface area (TPSA) is 15.3 Å². The number of likely N-dealkylation sites (N-methyl/N-ethyl adjacent to an activating group) is 1. The molecule has 0 aromatic carbocycles. The Hall–Kier alpha value is -0.0800. The van der Waals surface area contributed by atoms with Crippen LogP contribution in [0, 0.1) is 0 Å². The molecule has 0 atom stereocenters. The van der Waals surface area contributed by atoms with Crippen LogP contribution in [-0.2, 0) is 0 Å². The summed E-state index contributed by atoms with van der Waals surface area (Å²) in [5, 5.41) is 3.34. The summed E-state index contributed by atoms with van der Waals surface area (Å²) in [7, 11) is 2.04. The summed E-state index contributed by atoms with van der Waals surface area (Å²) in [6, 6.07) is 0. The molecule has 0 aromatic rings. The van der Waals surface area contributed by atoms with Crippen molar-refractivity contribution in [3.8, 4) is 0 Å². The number of nitrogens with zero attached hydrogens (tertiary/aromatic N) is 1. The van der Waals surface area contributed by atoms with Gasteiger partial charge in [0, 0.05) is 24.2 Å². The van der Waals surface area contributed by atoms with Crippen LogP contribution in [0.25, 0.3) is 0 Å². The third-order valence-electron chi connectivity index (χ3n) is 2.63. The van der Waals surface area contributed by atoms with Crippen LogP contribution in [0.4, 0.5) is 0 Å². The van der Waals surface area contributed by atoms with E-state index in [1.807, 2.05) is 7.05 Å². The highest BCUT2D eigenvalue weighted by molar-refractivity contribution is 5.02. The molecule has 0 saturated carbocycles. The fourth-order valence-electron chi connectivity index (χ4n) is 1.43. The van der Waals surface area contributed by atoms with E-state index in [1.54, 1.807) is 0 Å². The molecule has 1 fully saturated rings. The molecular weight excluding hydrogens is 136 g/mol. The molecule has 2 nitrogen and oxygen atoms in total. The normalized spacial score (nSPS) is 24.8. The number of hydrogen-bond acceptors (Lipinski definition) is 2. The second-order valence-electron chi connectivity index (χ2n) is 4.84.